The Morgan fingerprint density at radius 2 is 1.85 bits per heavy atom. The van der Waals surface area contributed by atoms with Gasteiger partial charge in [0.15, 0.2) is 12.0 Å². The summed E-state index contributed by atoms with van der Waals surface area (Å²) in [6, 6.07) is 0.445. The van der Waals surface area contributed by atoms with E-state index < -0.39 is 4.16 Å². The molecule has 0 amide bonds. The van der Waals surface area contributed by atoms with Gasteiger partial charge in [0, 0.05) is 24.5 Å². The Kier molecular flexibility index (Phi) is 11.5. The zero-order valence-corrected chi connectivity index (χ0v) is 19.3. The largest absolute Gasteiger partial charge is 0.475 e. The molecule has 1 unspecified atom stereocenters. The van der Waals surface area contributed by atoms with Crippen LogP contribution in [0.4, 0.5) is 0 Å². The lowest BCUT2D eigenvalue weighted by molar-refractivity contribution is 0.231. The molecule has 0 heterocycles. The van der Waals surface area contributed by atoms with Gasteiger partial charge in [-0.2, -0.15) is 0 Å². The van der Waals surface area contributed by atoms with Gasteiger partial charge in [-0.1, -0.05) is 52.7 Å². The fourth-order valence-corrected chi connectivity index (χ4v) is 2.53. The van der Waals surface area contributed by atoms with Gasteiger partial charge in [0.2, 0.25) is 0 Å². The molecular weight excluding hydrogens is 371 g/mol. The molecule has 6 heteroatoms. The summed E-state index contributed by atoms with van der Waals surface area (Å²) in [5.41, 5.74) is 3.23. The second-order valence-electron chi connectivity index (χ2n) is 6.64. The summed E-state index contributed by atoms with van der Waals surface area (Å²) in [5, 5.41) is 3.26. The first-order chi connectivity index (χ1) is 12.5. The first-order valence-corrected chi connectivity index (χ1v) is 10.1. The second-order valence-corrected chi connectivity index (χ2v) is 8.70. The summed E-state index contributed by atoms with van der Waals surface area (Å²) in [5.74, 6) is 0.584. The molecule has 0 rings (SSSR count). The Morgan fingerprint density at radius 3 is 2.30 bits per heavy atom. The van der Waals surface area contributed by atoms with Crippen molar-refractivity contribution < 1.29 is 4.74 Å². The van der Waals surface area contributed by atoms with Crippen molar-refractivity contribution in [1.29, 1.82) is 0 Å². The van der Waals surface area contributed by atoms with E-state index >= 15 is 0 Å². The minimum absolute atomic E-state index is 0.445. The third-order valence-corrected chi connectivity index (χ3v) is 4.31. The number of nitrogens with one attached hydrogen (secondary N) is 1. The van der Waals surface area contributed by atoms with Crippen LogP contribution in [0, 0.1) is 0 Å². The number of ether oxygens (including phenoxy) is 1. The Balaban J connectivity index is 5.10. The Bertz CT molecular complexity index is 618. The highest BCUT2D eigenvalue weighted by atomic mass is 32.2. The molecule has 0 radical (unpaired) electrons. The SMILES string of the molecule is BC(S)(S)O/C(C=C)=C(/CC)NC(=C)C(=C)/C=C\C(=C)N(C)C(C)CCC. The third-order valence-electron chi connectivity index (χ3n) is 4.13. The number of hydrogen-bond donors (Lipinski definition) is 3. The van der Waals surface area contributed by atoms with E-state index in [2.05, 4.69) is 82.7 Å². The van der Waals surface area contributed by atoms with Gasteiger partial charge in [-0.05, 0) is 37.5 Å². The summed E-state index contributed by atoms with van der Waals surface area (Å²) in [7, 11) is 3.80. The smallest absolute Gasteiger partial charge is 0.185 e. The van der Waals surface area contributed by atoms with E-state index in [4.69, 9.17) is 4.74 Å². The van der Waals surface area contributed by atoms with Crippen molar-refractivity contribution in [1.82, 2.24) is 10.2 Å². The van der Waals surface area contributed by atoms with E-state index in [1.807, 2.05) is 19.1 Å². The molecule has 0 saturated heterocycles. The molecule has 150 valence electrons. The molecule has 0 aromatic heterocycles. The van der Waals surface area contributed by atoms with Crippen LogP contribution in [-0.4, -0.2) is 30.0 Å². The topological polar surface area (TPSA) is 24.5 Å². The van der Waals surface area contributed by atoms with Gasteiger partial charge in [-0.25, -0.2) is 0 Å². The maximum Gasteiger partial charge on any atom is 0.185 e. The van der Waals surface area contributed by atoms with Crippen LogP contribution in [0.15, 0.2) is 73.0 Å². The maximum atomic E-state index is 5.72. The van der Waals surface area contributed by atoms with Crippen molar-refractivity contribution in [3.05, 3.63) is 73.0 Å². The van der Waals surface area contributed by atoms with Gasteiger partial charge in [-0.3, -0.25) is 0 Å². The van der Waals surface area contributed by atoms with E-state index in [0.29, 0.717) is 23.9 Å². The van der Waals surface area contributed by atoms with Crippen molar-refractivity contribution in [3.63, 3.8) is 0 Å². The predicted octanol–water partition coefficient (Wildman–Crippen LogP) is 4.76. The number of nitrogens with zero attached hydrogens (tertiary/aromatic N) is 1. The van der Waals surface area contributed by atoms with Crippen LogP contribution in [-0.2, 0) is 4.74 Å². The molecule has 0 aromatic rings. The Morgan fingerprint density at radius 1 is 1.26 bits per heavy atom. The summed E-state index contributed by atoms with van der Waals surface area (Å²) >= 11 is 8.57. The number of thiol groups is 2. The molecule has 0 aromatic carbocycles. The molecule has 1 atom stereocenters. The molecule has 0 fully saturated rings. The predicted molar refractivity (Wildman–Crippen MR) is 130 cm³/mol. The van der Waals surface area contributed by atoms with Crippen molar-refractivity contribution in [2.75, 3.05) is 7.05 Å². The summed E-state index contributed by atoms with van der Waals surface area (Å²) < 4.78 is 4.82. The average Bonchev–Trinajstić information content (AvgIpc) is 2.60. The molecule has 27 heavy (non-hydrogen) atoms. The lowest BCUT2D eigenvalue weighted by Crippen LogP contribution is -2.27. The number of hydrogen-bond acceptors (Lipinski definition) is 5. The highest BCUT2D eigenvalue weighted by molar-refractivity contribution is 8.02. The van der Waals surface area contributed by atoms with Gasteiger partial charge in [0.05, 0.1) is 5.70 Å². The minimum Gasteiger partial charge on any atom is -0.475 e. The second kappa shape index (κ2) is 12.1. The molecular formula is C21H35BN2OS2. The fourth-order valence-electron chi connectivity index (χ4n) is 2.33. The molecule has 0 aliphatic carbocycles. The van der Waals surface area contributed by atoms with E-state index in [-0.39, 0.29) is 0 Å². The van der Waals surface area contributed by atoms with Crippen LogP contribution in [0.2, 0.25) is 0 Å². The van der Waals surface area contributed by atoms with Crippen molar-refractivity contribution in [2.24, 2.45) is 0 Å². The summed E-state index contributed by atoms with van der Waals surface area (Å²) in [6.45, 7) is 22.5. The number of allylic oxidation sites excluding steroid dienone is 4. The van der Waals surface area contributed by atoms with Gasteiger partial charge < -0.3 is 15.0 Å². The van der Waals surface area contributed by atoms with E-state index in [9.17, 15) is 0 Å². The maximum absolute atomic E-state index is 5.72. The minimum atomic E-state index is -0.901. The molecule has 3 nitrogen and oxygen atoms in total. The number of likely N-dealkylation sites (N-methyl/N-ethyl adjacent to an activating group) is 1. The van der Waals surface area contributed by atoms with Crippen LogP contribution in [0.3, 0.4) is 0 Å². The van der Waals surface area contributed by atoms with Gasteiger partial charge in [-0.15, -0.1) is 25.3 Å². The van der Waals surface area contributed by atoms with Crippen molar-refractivity contribution >= 4 is 33.1 Å². The zero-order chi connectivity index (χ0) is 21.2. The Labute approximate surface area is 178 Å². The van der Waals surface area contributed by atoms with Gasteiger partial charge in [0.1, 0.15) is 5.76 Å². The van der Waals surface area contributed by atoms with Crippen LogP contribution in [0.5, 0.6) is 0 Å². The van der Waals surface area contributed by atoms with Gasteiger partial charge >= 0.3 is 0 Å². The van der Waals surface area contributed by atoms with Crippen LogP contribution in [0.25, 0.3) is 0 Å². The van der Waals surface area contributed by atoms with E-state index in [1.54, 1.807) is 13.9 Å². The lowest BCUT2D eigenvalue weighted by atomic mass is 10.1. The average molecular weight is 406 g/mol. The molecule has 0 spiro atoms. The van der Waals surface area contributed by atoms with Crippen LogP contribution in [0.1, 0.15) is 40.0 Å². The molecule has 0 bridgehead atoms. The highest BCUT2D eigenvalue weighted by Crippen LogP contribution is 2.24. The third kappa shape index (κ3) is 9.92. The monoisotopic (exact) mass is 406 g/mol. The molecule has 0 saturated carbocycles. The zero-order valence-electron chi connectivity index (χ0n) is 17.5. The summed E-state index contributed by atoms with van der Waals surface area (Å²) in [6.07, 6.45) is 8.49. The lowest BCUT2D eigenvalue weighted by Gasteiger charge is -2.27. The van der Waals surface area contributed by atoms with E-state index in [0.717, 1.165) is 29.8 Å². The van der Waals surface area contributed by atoms with Crippen molar-refractivity contribution in [3.8, 4) is 0 Å². The number of rotatable bonds is 13. The van der Waals surface area contributed by atoms with Crippen molar-refractivity contribution in [2.45, 2.75) is 50.2 Å². The Hall–Kier alpha value is -1.40. The standard InChI is InChI=1S/C21H35BN2OS2/c1-9-12-16(5)24(8)17(6)14-13-15(4)18(7)23-19(10-2)20(11-3)25-21(22,26)27/h11,13-14,16,23,26-27H,3-4,6-7,9-10,12,22H2,1-2,5,8H3/b14-13-,20-19-. The quantitative estimate of drug-likeness (QED) is 0.135. The van der Waals surface area contributed by atoms with Crippen LogP contribution >= 0.6 is 25.3 Å². The van der Waals surface area contributed by atoms with Crippen LogP contribution < -0.4 is 5.32 Å². The van der Waals surface area contributed by atoms with E-state index in [1.165, 1.54) is 0 Å². The highest BCUT2D eigenvalue weighted by Gasteiger charge is 2.17. The first-order valence-electron chi connectivity index (χ1n) is 9.21. The fraction of sp³-hybridized carbons (Fsp3) is 0.429. The molecule has 0 aliphatic rings. The van der Waals surface area contributed by atoms with Gasteiger partial charge in [0.25, 0.3) is 0 Å². The first kappa shape index (κ1) is 25.6. The molecule has 0 aliphatic heterocycles. The summed E-state index contributed by atoms with van der Waals surface area (Å²) in [4.78, 5) is 2.17. The molecule has 1 N–H and O–H groups in total. The normalized spacial score (nSPS) is 13.6.